The van der Waals surface area contributed by atoms with Gasteiger partial charge in [-0.1, -0.05) is 6.07 Å². The second-order valence-corrected chi connectivity index (χ2v) is 5.64. The minimum Gasteiger partial charge on any atom is -0.369 e. The van der Waals surface area contributed by atoms with E-state index in [0.29, 0.717) is 0 Å². The summed E-state index contributed by atoms with van der Waals surface area (Å²) in [4.78, 5) is 8.88. The zero-order chi connectivity index (χ0) is 14.7. The lowest BCUT2D eigenvalue weighted by molar-refractivity contribution is -0.0179. The first-order valence-electron chi connectivity index (χ1n) is 7.48. The first-order chi connectivity index (χ1) is 10.2. The van der Waals surface area contributed by atoms with E-state index >= 15 is 0 Å². The highest BCUT2D eigenvalue weighted by Crippen LogP contribution is 2.27. The average Bonchev–Trinajstić information content (AvgIpc) is 2.93. The predicted octanol–water partition coefficient (Wildman–Crippen LogP) is 2.13. The van der Waals surface area contributed by atoms with Crippen LogP contribution in [0.3, 0.4) is 0 Å². The maximum atomic E-state index is 5.96. The third-order valence-corrected chi connectivity index (χ3v) is 3.95. The topological polar surface area (TPSA) is 52.0 Å². The van der Waals surface area contributed by atoms with Crippen molar-refractivity contribution in [2.24, 2.45) is 7.05 Å². The fourth-order valence-corrected chi connectivity index (χ4v) is 2.73. The maximum Gasteiger partial charge on any atom is 0.139 e. The van der Waals surface area contributed by atoms with Crippen LogP contribution in [0.5, 0.6) is 0 Å². The molecule has 3 heterocycles. The Morgan fingerprint density at radius 1 is 1.38 bits per heavy atom. The molecule has 0 aliphatic carbocycles. The minimum absolute atomic E-state index is 0.0178. The summed E-state index contributed by atoms with van der Waals surface area (Å²) in [6, 6.07) is 4.45. The minimum atomic E-state index is 0.0178. The fourth-order valence-electron chi connectivity index (χ4n) is 2.73. The van der Waals surface area contributed by atoms with Crippen molar-refractivity contribution in [2.45, 2.75) is 38.5 Å². The van der Waals surface area contributed by atoms with Gasteiger partial charge in [-0.25, -0.2) is 4.98 Å². The Morgan fingerprint density at radius 3 is 3.00 bits per heavy atom. The zero-order valence-electron chi connectivity index (χ0n) is 12.6. The van der Waals surface area contributed by atoms with Crippen LogP contribution in [0.2, 0.25) is 0 Å². The van der Waals surface area contributed by atoms with Gasteiger partial charge in [0.15, 0.2) is 0 Å². The summed E-state index contributed by atoms with van der Waals surface area (Å²) < 4.78 is 7.99. The van der Waals surface area contributed by atoms with Gasteiger partial charge in [0.1, 0.15) is 11.9 Å². The van der Waals surface area contributed by atoms with Crippen molar-refractivity contribution in [1.29, 1.82) is 0 Å². The smallest absolute Gasteiger partial charge is 0.139 e. The molecule has 0 amide bonds. The van der Waals surface area contributed by atoms with Crippen LogP contribution in [0.1, 0.15) is 36.0 Å². The van der Waals surface area contributed by atoms with Gasteiger partial charge in [-0.3, -0.25) is 4.98 Å². The Bertz CT molecular complexity index is 578. The molecule has 2 aromatic heterocycles. The van der Waals surface area contributed by atoms with E-state index in [2.05, 4.69) is 34.3 Å². The normalized spacial score (nSPS) is 22.4. The van der Waals surface area contributed by atoms with E-state index in [-0.39, 0.29) is 12.1 Å². The van der Waals surface area contributed by atoms with Crippen molar-refractivity contribution in [2.75, 3.05) is 6.61 Å². The molecule has 2 aromatic rings. The SMILES string of the molecule is Cc1ccc(CN[C@H]2CCCO[C@@H]2c2nccn2C)nc1. The molecule has 21 heavy (non-hydrogen) atoms. The maximum absolute atomic E-state index is 5.96. The molecule has 1 aliphatic heterocycles. The molecule has 1 aliphatic rings. The van der Waals surface area contributed by atoms with Gasteiger partial charge in [-0.05, 0) is 31.4 Å². The molecule has 0 unspecified atom stereocenters. The quantitative estimate of drug-likeness (QED) is 0.935. The largest absolute Gasteiger partial charge is 0.369 e. The molecular formula is C16H22N4O. The molecule has 1 fully saturated rings. The Morgan fingerprint density at radius 2 is 2.29 bits per heavy atom. The predicted molar refractivity (Wildman–Crippen MR) is 80.7 cm³/mol. The molecule has 0 saturated carbocycles. The number of rotatable bonds is 4. The molecule has 1 N–H and O–H groups in total. The highest BCUT2D eigenvalue weighted by atomic mass is 16.5. The molecule has 0 bridgehead atoms. The van der Waals surface area contributed by atoms with E-state index in [4.69, 9.17) is 4.74 Å². The van der Waals surface area contributed by atoms with Crippen molar-refractivity contribution < 1.29 is 4.74 Å². The van der Waals surface area contributed by atoms with Gasteiger partial charge < -0.3 is 14.6 Å². The summed E-state index contributed by atoms with van der Waals surface area (Å²) in [5, 5.41) is 3.58. The lowest BCUT2D eigenvalue weighted by Crippen LogP contribution is -2.40. The van der Waals surface area contributed by atoms with E-state index in [1.54, 1.807) is 0 Å². The van der Waals surface area contributed by atoms with Gasteiger partial charge in [-0.15, -0.1) is 0 Å². The van der Waals surface area contributed by atoms with Crippen molar-refractivity contribution in [1.82, 2.24) is 19.9 Å². The van der Waals surface area contributed by atoms with Crippen molar-refractivity contribution in [3.63, 3.8) is 0 Å². The van der Waals surface area contributed by atoms with Crippen LogP contribution in [-0.4, -0.2) is 27.2 Å². The molecule has 1 saturated heterocycles. The third kappa shape index (κ3) is 3.31. The van der Waals surface area contributed by atoms with Gasteiger partial charge in [0.2, 0.25) is 0 Å². The first-order valence-corrected chi connectivity index (χ1v) is 7.48. The van der Waals surface area contributed by atoms with E-state index < -0.39 is 0 Å². The second kappa shape index (κ2) is 6.37. The van der Waals surface area contributed by atoms with E-state index in [1.807, 2.05) is 30.2 Å². The molecule has 0 spiro atoms. The number of nitrogens with zero attached hydrogens (tertiary/aromatic N) is 3. The van der Waals surface area contributed by atoms with Crippen LogP contribution >= 0.6 is 0 Å². The van der Waals surface area contributed by atoms with Crippen molar-refractivity contribution >= 4 is 0 Å². The van der Waals surface area contributed by atoms with Crippen molar-refractivity contribution in [3.8, 4) is 0 Å². The van der Waals surface area contributed by atoms with E-state index in [9.17, 15) is 0 Å². The van der Waals surface area contributed by atoms with Crippen LogP contribution in [-0.2, 0) is 18.3 Å². The lowest BCUT2D eigenvalue weighted by atomic mass is 10.0. The van der Waals surface area contributed by atoms with Crippen LogP contribution in [0.15, 0.2) is 30.7 Å². The monoisotopic (exact) mass is 286 g/mol. The molecule has 5 nitrogen and oxygen atoms in total. The molecule has 112 valence electrons. The summed E-state index contributed by atoms with van der Waals surface area (Å²) >= 11 is 0. The van der Waals surface area contributed by atoms with Gasteiger partial charge in [0.05, 0.1) is 5.69 Å². The van der Waals surface area contributed by atoms with Crippen LogP contribution in [0.25, 0.3) is 0 Å². The van der Waals surface area contributed by atoms with Gasteiger partial charge in [0.25, 0.3) is 0 Å². The highest BCUT2D eigenvalue weighted by Gasteiger charge is 2.29. The summed E-state index contributed by atoms with van der Waals surface area (Å²) in [5.41, 5.74) is 2.25. The third-order valence-electron chi connectivity index (χ3n) is 3.95. The Labute approximate surface area is 125 Å². The Kier molecular flexibility index (Phi) is 4.31. The van der Waals surface area contributed by atoms with Gasteiger partial charge in [-0.2, -0.15) is 0 Å². The van der Waals surface area contributed by atoms with Gasteiger partial charge >= 0.3 is 0 Å². The molecule has 0 aromatic carbocycles. The number of imidazole rings is 1. The number of aryl methyl sites for hydroxylation is 2. The summed E-state index contributed by atoms with van der Waals surface area (Å²) in [6.45, 7) is 3.62. The number of hydrogen-bond donors (Lipinski definition) is 1. The summed E-state index contributed by atoms with van der Waals surface area (Å²) in [5.74, 6) is 0.990. The number of aromatic nitrogens is 3. The van der Waals surface area contributed by atoms with Crippen LogP contribution in [0.4, 0.5) is 0 Å². The zero-order valence-corrected chi connectivity index (χ0v) is 12.6. The van der Waals surface area contributed by atoms with Crippen LogP contribution < -0.4 is 5.32 Å². The first kappa shape index (κ1) is 14.2. The molecule has 0 radical (unpaired) electrons. The molecular weight excluding hydrogens is 264 g/mol. The second-order valence-electron chi connectivity index (χ2n) is 5.64. The molecule has 2 atom stereocenters. The highest BCUT2D eigenvalue weighted by molar-refractivity contribution is 5.12. The number of ether oxygens (including phenoxy) is 1. The molecule has 3 rings (SSSR count). The van der Waals surface area contributed by atoms with Gasteiger partial charge in [0, 0.05) is 44.8 Å². The summed E-state index contributed by atoms with van der Waals surface area (Å²) in [6.07, 6.45) is 7.90. The Hall–Kier alpha value is -1.72. The standard InChI is InChI=1S/C16H22N4O/c1-12-5-6-13(18-10-12)11-19-14-4-3-9-21-15(14)16-17-7-8-20(16)2/h5-8,10,14-15,19H,3-4,9,11H2,1-2H3/t14-,15-/m0/s1. The number of pyridine rings is 1. The summed E-state index contributed by atoms with van der Waals surface area (Å²) in [7, 11) is 2.01. The fraction of sp³-hybridized carbons (Fsp3) is 0.500. The Balaban J connectivity index is 1.67. The average molecular weight is 286 g/mol. The number of hydrogen-bond acceptors (Lipinski definition) is 4. The number of nitrogens with one attached hydrogen (secondary N) is 1. The molecule has 5 heteroatoms. The van der Waals surface area contributed by atoms with E-state index in [1.165, 1.54) is 5.56 Å². The lowest BCUT2D eigenvalue weighted by Gasteiger charge is -2.32. The van der Waals surface area contributed by atoms with E-state index in [0.717, 1.165) is 37.5 Å². The van der Waals surface area contributed by atoms with Crippen LogP contribution in [0, 0.1) is 6.92 Å². The van der Waals surface area contributed by atoms with Crippen molar-refractivity contribution in [3.05, 3.63) is 47.8 Å².